The molecule has 29 heavy (non-hydrogen) atoms. The summed E-state index contributed by atoms with van der Waals surface area (Å²) in [4.78, 5) is 9.69. The highest BCUT2D eigenvalue weighted by atomic mass is 35.5. The highest BCUT2D eigenvalue weighted by Gasteiger charge is 2.15. The molecule has 0 saturated carbocycles. The number of nitrogens with zero attached hydrogens (tertiary/aromatic N) is 3. The molecule has 5 nitrogen and oxygen atoms in total. The Morgan fingerprint density at radius 2 is 1.69 bits per heavy atom. The van der Waals surface area contributed by atoms with Crippen molar-refractivity contribution in [2.24, 2.45) is 12.8 Å². The van der Waals surface area contributed by atoms with Crippen molar-refractivity contribution < 1.29 is 0 Å². The fourth-order valence-corrected chi connectivity index (χ4v) is 3.33. The van der Waals surface area contributed by atoms with Crippen LogP contribution < -0.4 is 11.1 Å². The first-order valence-corrected chi connectivity index (χ1v) is 9.27. The summed E-state index contributed by atoms with van der Waals surface area (Å²) >= 11 is 0. The molecule has 0 aliphatic heterocycles. The maximum Gasteiger partial charge on any atom is 0.178 e. The Kier molecular flexibility index (Phi) is 7.11. The molecule has 0 saturated heterocycles. The van der Waals surface area contributed by atoms with Crippen LogP contribution in [0.25, 0.3) is 33.3 Å². The van der Waals surface area contributed by atoms with Crippen LogP contribution in [0.5, 0.6) is 0 Å². The van der Waals surface area contributed by atoms with Gasteiger partial charge in [0.05, 0.1) is 11.2 Å². The lowest BCUT2D eigenvalue weighted by atomic mass is 10.0. The summed E-state index contributed by atoms with van der Waals surface area (Å²) in [6.07, 6.45) is 0.856. The molecule has 0 aliphatic carbocycles. The van der Waals surface area contributed by atoms with Crippen molar-refractivity contribution in [3.63, 3.8) is 0 Å². The summed E-state index contributed by atoms with van der Waals surface area (Å²) in [6, 6.07) is 18.6. The number of anilines is 1. The minimum absolute atomic E-state index is 0. The minimum Gasteiger partial charge on any atom is -0.369 e. The fourth-order valence-electron chi connectivity index (χ4n) is 3.33. The number of aromatic nitrogens is 3. The van der Waals surface area contributed by atoms with Crippen molar-refractivity contribution in [3.8, 4) is 11.5 Å². The number of halogens is 2. The zero-order chi connectivity index (χ0) is 19.0. The van der Waals surface area contributed by atoms with Gasteiger partial charge in [0.15, 0.2) is 5.82 Å². The summed E-state index contributed by atoms with van der Waals surface area (Å²) in [5.74, 6) is 1.58. The van der Waals surface area contributed by atoms with E-state index in [1.165, 1.54) is 10.9 Å². The van der Waals surface area contributed by atoms with Crippen LogP contribution in [0, 0.1) is 0 Å². The van der Waals surface area contributed by atoms with E-state index in [0.717, 1.165) is 41.2 Å². The fraction of sp³-hybridized carbons (Fsp3) is 0.273. The number of nitrogens with two attached hydrogens (primary N) is 1. The van der Waals surface area contributed by atoms with E-state index in [1.807, 2.05) is 32.0 Å². The lowest BCUT2D eigenvalue weighted by Gasteiger charge is -2.19. The second kappa shape index (κ2) is 8.99. The summed E-state index contributed by atoms with van der Waals surface area (Å²) in [6.45, 7) is 4.83. The van der Waals surface area contributed by atoms with Crippen LogP contribution in [-0.4, -0.2) is 26.6 Å². The Labute approximate surface area is 183 Å². The third-order valence-electron chi connectivity index (χ3n) is 4.85. The van der Waals surface area contributed by atoms with Gasteiger partial charge in [-0.3, -0.25) is 0 Å². The van der Waals surface area contributed by atoms with Crippen LogP contribution in [0.3, 0.4) is 0 Å². The molecule has 2 aromatic heterocycles. The van der Waals surface area contributed by atoms with Gasteiger partial charge in [0.1, 0.15) is 5.82 Å². The molecule has 0 atom stereocenters. The van der Waals surface area contributed by atoms with E-state index < -0.39 is 0 Å². The van der Waals surface area contributed by atoms with Gasteiger partial charge in [0, 0.05) is 35.4 Å². The number of fused-ring (bicyclic) bond motifs is 2. The Hall–Kier alpha value is -2.34. The van der Waals surface area contributed by atoms with E-state index in [4.69, 9.17) is 15.7 Å². The lowest BCUT2D eigenvalue weighted by molar-refractivity contribution is 0.490. The summed E-state index contributed by atoms with van der Waals surface area (Å²) in [5, 5.41) is 5.68. The van der Waals surface area contributed by atoms with Crippen LogP contribution in [0.4, 0.5) is 5.82 Å². The first-order valence-electron chi connectivity index (χ1n) is 9.27. The van der Waals surface area contributed by atoms with E-state index in [9.17, 15) is 0 Å². The smallest absolute Gasteiger partial charge is 0.178 e. The molecule has 2 heterocycles. The van der Waals surface area contributed by atoms with Gasteiger partial charge < -0.3 is 15.6 Å². The van der Waals surface area contributed by atoms with Gasteiger partial charge in [-0.25, -0.2) is 9.97 Å². The van der Waals surface area contributed by atoms with Gasteiger partial charge >= 0.3 is 0 Å². The molecule has 154 valence electrons. The maximum atomic E-state index is 6.12. The van der Waals surface area contributed by atoms with Crippen molar-refractivity contribution in [2.75, 3.05) is 11.9 Å². The topological polar surface area (TPSA) is 68.8 Å². The predicted octanol–water partition coefficient (Wildman–Crippen LogP) is 5.17. The lowest BCUT2D eigenvalue weighted by Crippen LogP contribution is -2.34. The number of para-hydroxylation sites is 2. The summed E-state index contributed by atoms with van der Waals surface area (Å²) in [7, 11) is 2.06. The molecule has 3 N–H and O–H groups in total. The molecule has 4 aromatic rings. The van der Waals surface area contributed by atoms with Crippen molar-refractivity contribution >= 4 is 52.4 Å². The molecule has 2 aromatic carbocycles. The molecular formula is C22H27Cl2N5. The molecule has 0 spiro atoms. The van der Waals surface area contributed by atoms with Crippen molar-refractivity contribution in [3.05, 3.63) is 54.6 Å². The molecule has 0 amide bonds. The van der Waals surface area contributed by atoms with Crippen molar-refractivity contribution in [1.82, 2.24) is 14.5 Å². The van der Waals surface area contributed by atoms with E-state index in [1.54, 1.807) is 0 Å². The van der Waals surface area contributed by atoms with E-state index in [0.29, 0.717) is 0 Å². The number of aryl methyl sites for hydroxylation is 1. The van der Waals surface area contributed by atoms with E-state index >= 15 is 0 Å². The van der Waals surface area contributed by atoms with Gasteiger partial charge in [0.25, 0.3) is 0 Å². The number of hydrogen-bond acceptors (Lipinski definition) is 4. The van der Waals surface area contributed by atoms with Crippen LogP contribution in [0.15, 0.2) is 54.6 Å². The van der Waals surface area contributed by atoms with Crippen molar-refractivity contribution in [1.29, 1.82) is 0 Å². The van der Waals surface area contributed by atoms with Crippen LogP contribution in [0.1, 0.15) is 20.3 Å². The van der Waals surface area contributed by atoms with Crippen LogP contribution in [-0.2, 0) is 7.05 Å². The second-order valence-corrected chi connectivity index (χ2v) is 7.73. The molecule has 0 aliphatic rings. The maximum absolute atomic E-state index is 6.12. The van der Waals surface area contributed by atoms with Crippen LogP contribution in [0.2, 0.25) is 0 Å². The Morgan fingerprint density at radius 3 is 2.41 bits per heavy atom. The van der Waals surface area contributed by atoms with E-state index in [2.05, 4.69) is 53.3 Å². The second-order valence-electron chi connectivity index (χ2n) is 7.73. The van der Waals surface area contributed by atoms with Gasteiger partial charge in [-0.2, -0.15) is 0 Å². The number of rotatable bonds is 5. The molecule has 0 unspecified atom stereocenters. The molecule has 0 fully saturated rings. The Balaban J connectivity index is 0.00000150. The predicted molar refractivity (Wildman–Crippen MR) is 127 cm³/mol. The highest BCUT2D eigenvalue weighted by Crippen LogP contribution is 2.28. The molecule has 4 rings (SSSR count). The normalized spacial score (nSPS) is 11.2. The zero-order valence-electron chi connectivity index (χ0n) is 16.8. The third kappa shape index (κ3) is 4.81. The number of benzene rings is 2. The third-order valence-corrected chi connectivity index (χ3v) is 4.85. The van der Waals surface area contributed by atoms with Gasteiger partial charge in [-0.15, -0.1) is 24.8 Å². The number of nitrogens with one attached hydrogen (secondary N) is 1. The monoisotopic (exact) mass is 431 g/mol. The van der Waals surface area contributed by atoms with Crippen molar-refractivity contribution in [2.45, 2.75) is 25.8 Å². The average Bonchev–Trinajstić information content (AvgIpc) is 2.98. The van der Waals surface area contributed by atoms with Gasteiger partial charge in [0.2, 0.25) is 0 Å². The Bertz CT molecular complexity index is 1120. The summed E-state index contributed by atoms with van der Waals surface area (Å²) in [5.41, 5.74) is 9.01. The van der Waals surface area contributed by atoms with E-state index in [-0.39, 0.29) is 30.4 Å². The quantitative estimate of drug-likeness (QED) is 0.457. The molecule has 0 radical (unpaired) electrons. The molecule has 0 bridgehead atoms. The van der Waals surface area contributed by atoms with Gasteiger partial charge in [-0.05, 0) is 44.5 Å². The minimum atomic E-state index is -0.214. The average molecular weight is 432 g/mol. The molecule has 7 heteroatoms. The SMILES string of the molecule is Cl.Cl.Cn1c(-c2nc(NCCC(C)(C)N)c3ccccc3n2)cc2ccccc21. The number of hydrogen-bond donors (Lipinski definition) is 2. The zero-order valence-corrected chi connectivity index (χ0v) is 18.5. The Morgan fingerprint density at radius 1 is 1.00 bits per heavy atom. The first kappa shape index (κ1) is 22.9. The molecular weight excluding hydrogens is 405 g/mol. The van der Waals surface area contributed by atoms with Crippen LogP contribution >= 0.6 is 24.8 Å². The summed E-state index contributed by atoms with van der Waals surface area (Å²) < 4.78 is 2.15. The standard InChI is InChI=1S/C22H25N5.2ClH/c1-22(2,23)12-13-24-20-16-9-5-6-10-17(16)25-21(26-20)19-14-15-8-4-7-11-18(15)27(19)3;;/h4-11,14H,12-13,23H2,1-3H3,(H,24,25,26);2*1H. The first-order chi connectivity index (χ1) is 12.9. The highest BCUT2D eigenvalue weighted by molar-refractivity contribution is 5.92. The largest absolute Gasteiger partial charge is 0.369 e. The van der Waals surface area contributed by atoms with Gasteiger partial charge in [-0.1, -0.05) is 30.3 Å².